The molecule has 0 saturated carbocycles. The minimum atomic E-state index is 0.587. The lowest BCUT2D eigenvalue weighted by molar-refractivity contribution is 0.371. The van der Waals surface area contributed by atoms with E-state index >= 15 is 0 Å². The maximum atomic E-state index is 5.26. The normalized spacial score (nSPS) is 14.7. The van der Waals surface area contributed by atoms with E-state index in [1.165, 1.54) is 5.00 Å². The Morgan fingerprint density at radius 2 is 1.90 bits per heavy atom. The van der Waals surface area contributed by atoms with Gasteiger partial charge in [0, 0.05) is 33.2 Å². The minimum Gasteiger partial charge on any atom is -0.497 e. The van der Waals surface area contributed by atoms with Crippen LogP contribution in [-0.2, 0) is 20.1 Å². The number of anilines is 1. The molecule has 0 bridgehead atoms. The van der Waals surface area contributed by atoms with E-state index in [0.717, 1.165) is 55.1 Å². The molecule has 1 aliphatic rings. The van der Waals surface area contributed by atoms with Crippen LogP contribution >= 0.6 is 11.3 Å². The lowest BCUT2D eigenvalue weighted by Crippen LogP contribution is -2.52. The molecule has 8 nitrogen and oxygen atoms in total. The van der Waals surface area contributed by atoms with Gasteiger partial charge in [-0.05, 0) is 42.1 Å². The van der Waals surface area contributed by atoms with Crippen LogP contribution in [0.25, 0.3) is 0 Å². The van der Waals surface area contributed by atoms with Gasteiger partial charge in [0.15, 0.2) is 11.8 Å². The summed E-state index contributed by atoms with van der Waals surface area (Å²) in [6, 6.07) is 12.4. The van der Waals surface area contributed by atoms with Crippen molar-refractivity contribution in [2.24, 2.45) is 12.0 Å². The number of hydrogen-bond donors (Lipinski definition) is 1. The third kappa shape index (κ3) is 5.16. The number of nitrogens with one attached hydrogen (secondary N) is 1. The number of benzene rings is 1. The number of aryl methyl sites for hydroxylation is 1. The summed E-state index contributed by atoms with van der Waals surface area (Å²) in [5, 5.41) is 15.4. The first-order chi connectivity index (χ1) is 15.1. The molecule has 0 spiro atoms. The first kappa shape index (κ1) is 21.2. The Balaban J connectivity index is 1.45. The van der Waals surface area contributed by atoms with Crippen molar-refractivity contribution in [3.8, 4) is 5.75 Å². The number of rotatable bonds is 6. The molecule has 31 heavy (non-hydrogen) atoms. The van der Waals surface area contributed by atoms with Gasteiger partial charge in [-0.25, -0.2) is 4.99 Å². The van der Waals surface area contributed by atoms with Gasteiger partial charge < -0.3 is 24.4 Å². The number of methoxy groups -OCH3 is 1. The molecular formula is C22H29N7OS. The van der Waals surface area contributed by atoms with Gasteiger partial charge in [-0.3, -0.25) is 0 Å². The Hall–Kier alpha value is -3.07. The van der Waals surface area contributed by atoms with Crippen molar-refractivity contribution >= 4 is 22.3 Å². The molecule has 1 saturated heterocycles. The number of aromatic nitrogens is 3. The first-order valence-electron chi connectivity index (χ1n) is 10.4. The van der Waals surface area contributed by atoms with Gasteiger partial charge in [0.2, 0.25) is 0 Å². The standard InChI is InChI=1S/C22H29N7OS/c1-17-25-26-20(27(17)2)16-24-22(23-15-18-6-8-19(30-3)9-7-18)29-12-10-28(11-13-29)21-5-4-14-31-21/h4-9,14H,10-13,15-16H2,1-3H3,(H,23,24). The largest absolute Gasteiger partial charge is 0.497 e. The third-order valence-corrected chi connectivity index (χ3v) is 6.48. The molecule has 1 aromatic carbocycles. The van der Waals surface area contributed by atoms with Crippen LogP contribution < -0.4 is 15.0 Å². The summed E-state index contributed by atoms with van der Waals surface area (Å²) in [4.78, 5) is 9.70. The SMILES string of the molecule is COc1ccc(CN=C(NCc2nnc(C)n2C)N2CCN(c3cccs3)CC2)cc1. The van der Waals surface area contributed by atoms with Crippen molar-refractivity contribution in [1.82, 2.24) is 25.0 Å². The van der Waals surface area contributed by atoms with Crippen LogP contribution in [0.15, 0.2) is 46.8 Å². The number of nitrogens with zero attached hydrogens (tertiary/aromatic N) is 6. The van der Waals surface area contributed by atoms with Crippen molar-refractivity contribution in [2.45, 2.75) is 20.0 Å². The second kappa shape index (κ2) is 9.82. The van der Waals surface area contributed by atoms with E-state index in [1.807, 2.05) is 30.7 Å². The molecule has 1 aliphatic heterocycles. The molecule has 0 atom stereocenters. The fraction of sp³-hybridized carbons (Fsp3) is 0.409. The van der Waals surface area contributed by atoms with Gasteiger partial charge in [0.05, 0.1) is 25.2 Å². The molecule has 0 aliphatic carbocycles. The summed E-state index contributed by atoms with van der Waals surface area (Å²) in [6.45, 7) is 6.95. The number of ether oxygens (including phenoxy) is 1. The maximum Gasteiger partial charge on any atom is 0.194 e. The summed E-state index contributed by atoms with van der Waals surface area (Å²) in [6.07, 6.45) is 0. The zero-order chi connectivity index (χ0) is 21.6. The molecule has 9 heteroatoms. The fourth-order valence-corrected chi connectivity index (χ4v) is 4.30. The molecule has 1 N–H and O–H groups in total. The summed E-state index contributed by atoms with van der Waals surface area (Å²) in [5.41, 5.74) is 1.15. The topological polar surface area (TPSA) is 70.8 Å². The average Bonchev–Trinajstić information content (AvgIpc) is 3.46. The van der Waals surface area contributed by atoms with Crippen LogP contribution in [0.4, 0.5) is 5.00 Å². The number of guanidine groups is 1. The van der Waals surface area contributed by atoms with Gasteiger partial charge in [-0.1, -0.05) is 12.1 Å². The van der Waals surface area contributed by atoms with Crippen molar-refractivity contribution < 1.29 is 4.74 Å². The van der Waals surface area contributed by atoms with E-state index in [4.69, 9.17) is 9.73 Å². The van der Waals surface area contributed by atoms with Crippen LogP contribution in [0.3, 0.4) is 0 Å². The van der Waals surface area contributed by atoms with E-state index < -0.39 is 0 Å². The molecule has 0 amide bonds. The van der Waals surface area contributed by atoms with Crippen LogP contribution in [0.5, 0.6) is 5.75 Å². The minimum absolute atomic E-state index is 0.587. The Morgan fingerprint density at radius 3 is 2.52 bits per heavy atom. The van der Waals surface area contributed by atoms with Crippen molar-refractivity contribution in [3.05, 3.63) is 59.0 Å². The summed E-state index contributed by atoms with van der Waals surface area (Å²) in [7, 11) is 3.67. The molecule has 3 heterocycles. The maximum absolute atomic E-state index is 5.26. The monoisotopic (exact) mass is 439 g/mol. The first-order valence-corrected chi connectivity index (χ1v) is 11.3. The van der Waals surface area contributed by atoms with Gasteiger partial charge in [-0.2, -0.15) is 0 Å². The Bertz CT molecular complexity index is 990. The lowest BCUT2D eigenvalue weighted by atomic mass is 10.2. The lowest BCUT2D eigenvalue weighted by Gasteiger charge is -2.37. The van der Waals surface area contributed by atoms with Crippen LogP contribution in [-0.4, -0.2) is 58.9 Å². The highest BCUT2D eigenvalue weighted by Gasteiger charge is 2.21. The fourth-order valence-electron chi connectivity index (χ4n) is 3.52. The van der Waals surface area contributed by atoms with Gasteiger partial charge in [0.1, 0.15) is 11.6 Å². The predicted molar refractivity (Wildman–Crippen MR) is 125 cm³/mol. The van der Waals surface area contributed by atoms with E-state index in [9.17, 15) is 0 Å². The van der Waals surface area contributed by atoms with Crippen LogP contribution in [0.2, 0.25) is 0 Å². The Kier molecular flexibility index (Phi) is 6.71. The van der Waals surface area contributed by atoms with Crippen LogP contribution in [0, 0.1) is 6.92 Å². The highest BCUT2D eigenvalue weighted by atomic mass is 32.1. The number of piperazine rings is 1. The summed E-state index contributed by atoms with van der Waals surface area (Å²) >= 11 is 1.79. The Morgan fingerprint density at radius 1 is 1.13 bits per heavy atom. The average molecular weight is 440 g/mol. The highest BCUT2D eigenvalue weighted by Crippen LogP contribution is 2.22. The molecular weight excluding hydrogens is 410 g/mol. The summed E-state index contributed by atoms with van der Waals surface area (Å²) in [5.74, 6) is 3.56. The third-order valence-electron chi connectivity index (χ3n) is 5.55. The number of aliphatic imine (C=N–C) groups is 1. The van der Waals surface area contributed by atoms with E-state index in [2.05, 4.69) is 55.0 Å². The smallest absolute Gasteiger partial charge is 0.194 e. The van der Waals surface area contributed by atoms with Gasteiger partial charge in [-0.15, -0.1) is 21.5 Å². The molecule has 164 valence electrons. The van der Waals surface area contributed by atoms with Gasteiger partial charge in [0.25, 0.3) is 0 Å². The second-order valence-corrected chi connectivity index (χ2v) is 8.42. The van der Waals surface area contributed by atoms with E-state index in [0.29, 0.717) is 13.1 Å². The molecule has 1 fully saturated rings. The highest BCUT2D eigenvalue weighted by molar-refractivity contribution is 7.14. The molecule has 0 unspecified atom stereocenters. The quantitative estimate of drug-likeness (QED) is 0.470. The zero-order valence-electron chi connectivity index (χ0n) is 18.3. The summed E-state index contributed by atoms with van der Waals surface area (Å²) < 4.78 is 7.26. The second-order valence-electron chi connectivity index (χ2n) is 7.49. The van der Waals surface area contributed by atoms with E-state index in [-0.39, 0.29) is 0 Å². The Labute approximate surface area is 187 Å². The number of hydrogen-bond acceptors (Lipinski definition) is 6. The predicted octanol–water partition coefficient (Wildman–Crippen LogP) is 2.66. The van der Waals surface area contributed by atoms with Crippen molar-refractivity contribution in [3.63, 3.8) is 0 Å². The van der Waals surface area contributed by atoms with Gasteiger partial charge >= 0.3 is 0 Å². The zero-order valence-corrected chi connectivity index (χ0v) is 19.1. The molecule has 2 aromatic heterocycles. The van der Waals surface area contributed by atoms with Crippen LogP contribution in [0.1, 0.15) is 17.2 Å². The molecule has 4 rings (SSSR count). The molecule has 0 radical (unpaired) electrons. The molecule has 3 aromatic rings. The van der Waals surface area contributed by atoms with Crippen molar-refractivity contribution in [1.29, 1.82) is 0 Å². The van der Waals surface area contributed by atoms with E-state index in [1.54, 1.807) is 18.4 Å². The number of thiophene rings is 1. The van der Waals surface area contributed by atoms with Crippen molar-refractivity contribution in [2.75, 3.05) is 38.2 Å².